The molecule has 0 saturated heterocycles. The van der Waals surface area contributed by atoms with Crippen molar-refractivity contribution in [2.24, 2.45) is 0 Å². The van der Waals surface area contributed by atoms with Crippen molar-refractivity contribution in [1.29, 1.82) is 0 Å². The van der Waals surface area contributed by atoms with Gasteiger partial charge in [-0.15, -0.1) is 11.8 Å². The van der Waals surface area contributed by atoms with E-state index in [9.17, 15) is 4.79 Å². The van der Waals surface area contributed by atoms with Gasteiger partial charge in [-0.3, -0.25) is 4.79 Å². The van der Waals surface area contributed by atoms with E-state index in [1.54, 1.807) is 16.4 Å². The highest BCUT2D eigenvalue weighted by atomic mass is 35.5. The minimum absolute atomic E-state index is 0.0170. The Hall–Kier alpha value is -2.24. The second-order valence-corrected chi connectivity index (χ2v) is 8.29. The quantitative estimate of drug-likeness (QED) is 0.644. The van der Waals surface area contributed by atoms with E-state index in [0.717, 1.165) is 28.3 Å². The number of carbonyl (C=O) groups excluding carboxylic acids is 1. The molecule has 1 aliphatic rings. The normalized spacial score (nSPS) is 16.6. The molecular formula is C21H20ClN3OS. The van der Waals surface area contributed by atoms with Gasteiger partial charge in [0.1, 0.15) is 5.82 Å². The first-order chi connectivity index (χ1) is 13.0. The summed E-state index contributed by atoms with van der Waals surface area (Å²) in [5.41, 5.74) is 6.23. The van der Waals surface area contributed by atoms with Crippen LogP contribution in [0, 0.1) is 20.8 Å². The highest BCUT2D eigenvalue weighted by molar-refractivity contribution is 8.00. The van der Waals surface area contributed by atoms with Crippen LogP contribution in [0.2, 0.25) is 5.02 Å². The Morgan fingerprint density at radius 1 is 1.15 bits per heavy atom. The van der Waals surface area contributed by atoms with Crippen LogP contribution in [0.1, 0.15) is 33.2 Å². The topological polar surface area (TPSA) is 46.9 Å². The van der Waals surface area contributed by atoms with E-state index in [1.165, 1.54) is 11.1 Å². The number of hydrogen-bond donors (Lipinski definition) is 1. The molecule has 1 aliphatic heterocycles. The van der Waals surface area contributed by atoms with Crippen molar-refractivity contribution in [3.63, 3.8) is 0 Å². The molecule has 4 rings (SSSR count). The summed E-state index contributed by atoms with van der Waals surface area (Å²) in [6.07, 6.45) is 0. The van der Waals surface area contributed by atoms with E-state index >= 15 is 0 Å². The van der Waals surface area contributed by atoms with Crippen LogP contribution in [0.15, 0.2) is 42.5 Å². The number of aryl methyl sites for hydroxylation is 3. The van der Waals surface area contributed by atoms with Crippen LogP contribution in [0.3, 0.4) is 0 Å². The fraction of sp³-hybridized carbons (Fsp3) is 0.238. The average Bonchev–Trinajstić information content (AvgIpc) is 2.84. The number of carbonyl (C=O) groups is 1. The summed E-state index contributed by atoms with van der Waals surface area (Å²) in [7, 11) is 0. The number of nitrogens with one attached hydrogen (secondary N) is 1. The minimum Gasteiger partial charge on any atom is -0.310 e. The maximum absolute atomic E-state index is 12.4. The minimum atomic E-state index is -0.0170. The van der Waals surface area contributed by atoms with Crippen molar-refractivity contribution >= 4 is 35.1 Å². The van der Waals surface area contributed by atoms with Crippen molar-refractivity contribution in [3.05, 3.63) is 75.4 Å². The zero-order chi connectivity index (χ0) is 19.1. The number of aromatic nitrogens is 2. The van der Waals surface area contributed by atoms with Gasteiger partial charge in [0.2, 0.25) is 5.91 Å². The highest BCUT2D eigenvalue weighted by Gasteiger charge is 2.31. The number of thioether (sulfide) groups is 1. The lowest BCUT2D eigenvalue weighted by atomic mass is 10.00. The predicted molar refractivity (Wildman–Crippen MR) is 112 cm³/mol. The smallest absolute Gasteiger partial charge is 0.235 e. The third-order valence-corrected chi connectivity index (χ3v) is 6.54. The van der Waals surface area contributed by atoms with Gasteiger partial charge in [0.15, 0.2) is 0 Å². The molecular weight excluding hydrogens is 378 g/mol. The van der Waals surface area contributed by atoms with Crippen LogP contribution in [-0.4, -0.2) is 21.4 Å². The number of halogens is 1. The molecule has 1 amide bonds. The molecule has 1 N–H and O–H groups in total. The van der Waals surface area contributed by atoms with Crippen molar-refractivity contribution in [3.8, 4) is 5.69 Å². The first kappa shape index (κ1) is 18.1. The first-order valence-corrected chi connectivity index (χ1v) is 10.2. The van der Waals surface area contributed by atoms with E-state index < -0.39 is 0 Å². The lowest BCUT2D eigenvalue weighted by Gasteiger charge is -2.17. The molecule has 27 heavy (non-hydrogen) atoms. The summed E-state index contributed by atoms with van der Waals surface area (Å²) in [6.45, 7) is 6.07. The molecule has 2 heterocycles. The maximum Gasteiger partial charge on any atom is 0.235 e. The number of anilines is 1. The third-order valence-electron chi connectivity index (χ3n) is 4.88. The van der Waals surface area contributed by atoms with Crippen molar-refractivity contribution < 1.29 is 4.79 Å². The molecule has 0 spiro atoms. The Kier molecular flexibility index (Phi) is 4.74. The third kappa shape index (κ3) is 3.26. The summed E-state index contributed by atoms with van der Waals surface area (Å²) in [5, 5.41) is 8.54. The van der Waals surface area contributed by atoms with E-state index in [1.807, 2.05) is 44.2 Å². The van der Waals surface area contributed by atoms with Gasteiger partial charge in [-0.2, -0.15) is 5.10 Å². The van der Waals surface area contributed by atoms with Gasteiger partial charge in [-0.05, 0) is 49.6 Å². The van der Waals surface area contributed by atoms with Gasteiger partial charge in [0.05, 0.1) is 22.4 Å². The molecule has 138 valence electrons. The molecule has 1 atom stereocenters. The van der Waals surface area contributed by atoms with Crippen LogP contribution in [-0.2, 0) is 4.79 Å². The zero-order valence-corrected chi connectivity index (χ0v) is 17.0. The van der Waals surface area contributed by atoms with Gasteiger partial charge in [-0.1, -0.05) is 41.9 Å². The second-order valence-electron chi connectivity index (χ2n) is 6.79. The summed E-state index contributed by atoms with van der Waals surface area (Å²) in [6, 6.07) is 14.1. The zero-order valence-electron chi connectivity index (χ0n) is 15.4. The summed E-state index contributed by atoms with van der Waals surface area (Å²) >= 11 is 7.97. The number of benzene rings is 2. The van der Waals surface area contributed by atoms with Gasteiger partial charge in [-0.25, -0.2) is 4.68 Å². The second kappa shape index (κ2) is 7.06. The van der Waals surface area contributed by atoms with Gasteiger partial charge < -0.3 is 5.32 Å². The Labute approximate surface area is 167 Å². The molecule has 0 unspecified atom stereocenters. The predicted octanol–water partition coefficient (Wildman–Crippen LogP) is 5.23. The van der Waals surface area contributed by atoms with Gasteiger partial charge >= 0.3 is 0 Å². The molecule has 0 fully saturated rings. The number of rotatable bonds is 2. The molecule has 4 nitrogen and oxygen atoms in total. The van der Waals surface area contributed by atoms with Gasteiger partial charge in [0.25, 0.3) is 0 Å². The van der Waals surface area contributed by atoms with E-state index in [2.05, 4.69) is 24.4 Å². The van der Waals surface area contributed by atoms with Crippen molar-refractivity contribution in [2.45, 2.75) is 26.0 Å². The van der Waals surface area contributed by atoms with Crippen molar-refractivity contribution in [1.82, 2.24) is 9.78 Å². The average molecular weight is 398 g/mol. The fourth-order valence-corrected chi connectivity index (χ4v) is 4.87. The summed E-state index contributed by atoms with van der Waals surface area (Å²) in [5.74, 6) is 1.12. The fourth-order valence-electron chi connectivity index (χ4n) is 3.41. The van der Waals surface area contributed by atoms with Crippen LogP contribution in [0.5, 0.6) is 0 Å². The Morgan fingerprint density at radius 3 is 2.67 bits per heavy atom. The van der Waals surface area contributed by atoms with E-state index in [-0.39, 0.29) is 11.2 Å². The highest BCUT2D eigenvalue weighted by Crippen LogP contribution is 2.44. The molecule has 0 aliphatic carbocycles. The molecule has 0 bridgehead atoms. The van der Waals surface area contributed by atoms with Crippen LogP contribution in [0.4, 0.5) is 5.82 Å². The molecule has 2 aromatic carbocycles. The number of hydrogen-bond acceptors (Lipinski definition) is 3. The molecule has 3 aromatic rings. The summed E-state index contributed by atoms with van der Waals surface area (Å²) < 4.78 is 1.80. The number of amides is 1. The van der Waals surface area contributed by atoms with E-state index in [0.29, 0.717) is 10.8 Å². The van der Waals surface area contributed by atoms with Crippen LogP contribution < -0.4 is 5.32 Å². The maximum atomic E-state index is 12.4. The standard InChI is InChI=1S/C21H20ClN3OS/c1-12-6-4-5-7-16(12)20-19-14(3)24-25(21(19)23-18(26)11-27-20)15-9-8-13(2)17(22)10-15/h4-10,20H,11H2,1-3H3,(H,23,26)/t20-/m0/s1. The number of fused-ring (bicyclic) bond motifs is 1. The van der Waals surface area contributed by atoms with E-state index in [4.69, 9.17) is 16.7 Å². The SMILES string of the molecule is Cc1ccc(-n2nc(C)c3c2NC(=O)CS[C@H]3c2ccccc2C)cc1Cl. The van der Waals surface area contributed by atoms with Gasteiger partial charge in [0, 0.05) is 10.6 Å². The Bertz CT molecular complexity index is 1040. The molecule has 1 aromatic heterocycles. The molecule has 0 radical (unpaired) electrons. The van der Waals surface area contributed by atoms with Crippen LogP contribution >= 0.6 is 23.4 Å². The Morgan fingerprint density at radius 2 is 1.93 bits per heavy atom. The lowest BCUT2D eigenvalue weighted by Crippen LogP contribution is -2.15. The largest absolute Gasteiger partial charge is 0.310 e. The lowest BCUT2D eigenvalue weighted by molar-refractivity contribution is -0.113. The molecule has 6 heteroatoms. The monoisotopic (exact) mass is 397 g/mol. The van der Waals surface area contributed by atoms with Crippen LogP contribution in [0.25, 0.3) is 5.69 Å². The summed E-state index contributed by atoms with van der Waals surface area (Å²) in [4.78, 5) is 12.4. The van der Waals surface area contributed by atoms with Crippen molar-refractivity contribution in [2.75, 3.05) is 11.1 Å². The number of nitrogens with zero attached hydrogens (tertiary/aromatic N) is 2. The Balaban J connectivity index is 1.92. The first-order valence-electron chi connectivity index (χ1n) is 8.78. The molecule has 0 saturated carbocycles.